The van der Waals surface area contributed by atoms with E-state index >= 15 is 0 Å². The summed E-state index contributed by atoms with van der Waals surface area (Å²) in [5.74, 6) is 1.05. The third-order valence-electron chi connectivity index (χ3n) is 3.33. The van der Waals surface area contributed by atoms with Gasteiger partial charge in [-0.15, -0.1) is 0 Å². The van der Waals surface area contributed by atoms with E-state index in [0.717, 1.165) is 39.0 Å². The van der Waals surface area contributed by atoms with Gasteiger partial charge >= 0.3 is 0 Å². The first-order valence-electron chi connectivity index (χ1n) is 7.21. The Morgan fingerprint density at radius 1 is 1.35 bits per heavy atom. The van der Waals surface area contributed by atoms with Gasteiger partial charge in [-0.1, -0.05) is 6.92 Å². The number of carbonyl (C=O) groups is 1. The van der Waals surface area contributed by atoms with Crippen LogP contribution in [0, 0.1) is 5.92 Å². The quantitative estimate of drug-likeness (QED) is 0.823. The predicted molar refractivity (Wildman–Crippen MR) is 76.7 cm³/mol. The predicted octanol–water partition coefficient (Wildman–Crippen LogP) is 1.45. The fourth-order valence-electron chi connectivity index (χ4n) is 2.07. The molecule has 0 unspecified atom stereocenters. The average molecular weight is 278 g/mol. The molecule has 1 aliphatic rings. The number of carbonyl (C=O) groups excluding carboxylic acids is 1. The van der Waals surface area contributed by atoms with Crippen molar-refractivity contribution in [2.45, 2.75) is 26.2 Å². The molecule has 20 heavy (non-hydrogen) atoms. The number of nitrogens with zero attached hydrogens (tertiary/aromatic N) is 2. The highest BCUT2D eigenvalue weighted by Crippen LogP contribution is 2.13. The van der Waals surface area contributed by atoms with Gasteiger partial charge in [-0.05, 0) is 25.2 Å². The Kier molecular flexibility index (Phi) is 5.73. The molecule has 1 amide bonds. The second kappa shape index (κ2) is 7.79. The van der Waals surface area contributed by atoms with Gasteiger partial charge in [0.1, 0.15) is 11.5 Å². The second-order valence-electron chi connectivity index (χ2n) is 4.98. The maximum atomic E-state index is 11.9. The molecule has 0 aromatic carbocycles. The van der Waals surface area contributed by atoms with Crippen molar-refractivity contribution in [1.29, 1.82) is 0 Å². The number of aromatic nitrogens is 2. The first kappa shape index (κ1) is 14.7. The van der Waals surface area contributed by atoms with Gasteiger partial charge in [-0.25, -0.2) is 9.97 Å². The molecule has 1 aromatic rings. The molecule has 2 heterocycles. The highest BCUT2D eigenvalue weighted by Gasteiger charge is 2.15. The Labute approximate surface area is 119 Å². The molecule has 1 aliphatic heterocycles. The molecule has 0 radical (unpaired) electrons. The van der Waals surface area contributed by atoms with Crippen molar-refractivity contribution in [1.82, 2.24) is 15.3 Å². The van der Waals surface area contributed by atoms with Crippen LogP contribution in [-0.2, 0) is 4.74 Å². The minimum atomic E-state index is -0.161. The lowest BCUT2D eigenvalue weighted by Crippen LogP contribution is -2.32. The molecule has 0 atom stereocenters. The highest BCUT2D eigenvalue weighted by atomic mass is 16.5. The largest absolute Gasteiger partial charge is 0.381 e. The van der Waals surface area contributed by atoms with Crippen LogP contribution < -0.4 is 10.6 Å². The van der Waals surface area contributed by atoms with Gasteiger partial charge in [0, 0.05) is 26.3 Å². The third-order valence-corrected chi connectivity index (χ3v) is 3.33. The summed E-state index contributed by atoms with van der Waals surface area (Å²) in [6.07, 6.45) is 6.14. The molecular formula is C14H22N4O2. The number of nitrogens with one attached hydrogen (secondary N) is 2. The molecule has 1 saturated heterocycles. The summed E-state index contributed by atoms with van der Waals surface area (Å²) in [5.41, 5.74) is 0.360. The van der Waals surface area contributed by atoms with Crippen molar-refractivity contribution >= 4 is 11.7 Å². The molecule has 6 nitrogen and oxygen atoms in total. The summed E-state index contributed by atoms with van der Waals surface area (Å²) >= 11 is 0. The molecule has 1 fully saturated rings. The zero-order chi connectivity index (χ0) is 14.2. The van der Waals surface area contributed by atoms with Crippen LogP contribution in [0.25, 0.3) is 0 Å². The topological polar surface area (TPSA) is 76.1 Å². The molecule has 6 heteroatoms. The summed E-state index contributed by atoms with van der Waals surface area (Å²) in [5, 5.41) is 6.04. The summed E-state index contributed by atoms with van der Waals surface area (Å²) in [6.45, 7) is 5.19. The second-order valence-corrected chi connectivity index (χ2v) is 4.98. The normalized spacial score (nSPS) is 15.8. The van der Waals surface area contributed by atoms with Crippen LogP contribution in [0.3, 0.4) is 0 Å². The number of hydrogen-bond acceptors (Lipinski definition) is 5. The Bertz CT molecular complexity index is 416. The Morgan fingerprint density at radius 3 is 2.80 bits per heavy atom. The number of rotatable bonds is 6. The Morgan fingerprint density at radius 2 is 2.15 bits per heavy atom. The molecular weight excluding hydrogens is 256 g/mol. The van der Waals surface area contributed by atoms with E-state index < -0.39 is 0 Å². The van der Waals surface area contributed by atoms with Gasteiger partial charge in [0.15, 0.2) is 0 Å². The highest BCUT2D eigenvalue weighted by molar-refractivity contribution is 5.91. The third kappa shape index (κ3) is 4.45. The van der Waals surface area contributed by atoms with Crippen LogP contribution in [0.5, 0.6) is 0 Å². The smallest absolute Gasteiger partial charge is 0.271 e. The van der Waals surface area contributed by atoms with Gasteiger partial charge in [-0.3, -0.25) is 4.79 Å². The minimum absolute atomic E-state index is 0.161. The van der Waals surface area contributed by atoms with Crippen LogP contribution >= 0.6 is 0 Å². The number of amides is 1. The van der Waals surface area contributed by atoms with Gasteiger partial charge in [0.2, 0.25) is 0 Å². The van der Waals surface area contributed by atoms with Crippen LogP contribution in [0.2, 0.25) is 0 Å². The molecule has 2 rings (SSSR count). The van der Waals surface area contributed by atoms with Crippen molar-refractivity contribution in [3.8, 4) is 0 Å². The van der Waals surface area contributed by atoms with Crippen molar-refractivity contribution in [3.63, 3.8) is 0 Å². The van der Waals surface area contributed by atoms with E-state index in [1.165, 1.54) is 6.20 Å². The monoisotopic (exact) mass is 278 g/mol. The lowest BCUT2D eigenvalue weighted by molar-refractivity contribution is 0.0642. The van der Waals surface area contributed by atoms with Gasteiger partial charge in [-0.2, -0.15) is 0 Å². The summed E-state index contributed by atoms with van der Waals surface area (Å²) in [7, 11) is 0. The van der Waals surface area contributed by atoms with E-state index in [-0.39, 0.29) is 5.91 Å². The van der Waals surface area contributed by atoms with Crippen LogP contribution in [0.15, 0.2) is 12.4 Å². The van der Waals surface area contributed by atoms with Crippen molar-refractivity contribution in [2.75, 3.05) is 31.6 Å². The van der Waals surface area contributed by atoms with E-state index in [4.69, 9.17) is 4.74 Å². The molecule has 2 N–H and O–H groups in total. The van der Waals surface area contributed by atoms with E-state index in [1.54, 1.807) is 6.20 Å². The Balaban J connectivity index is 1.79. The fourth-order valence-corrected chi connectivity index (χ4v) is 2.07. The zero-order valence-corrected chi connectivity index (χ0v) is 11.9. The van der Waals surface area contributed by atoms with Gasteiger partial charge in [0.25, 0.3) is 5.91 Å². The van der Waals surface area contributed by atoms with Crippen molar-refractivity contribution in [2.24, 2.45) is 5.92 Å². The lowest BCUT2D eigenvalue weighted by atomic mass is 10.0. The summed E-state index contributed by atoms with van der Waals surface area (Å²) < 4.78 is 5.29. The van der Waals surface area contributed by atoms with E-state index in [2.05, 4.69) is 27.5 Å². The number of ether oxygens (including phenoxy) is 1. The lowest BCUT2D eigenvalue weighted by Gasteiger charge is -2.21. The summed E-state index contributed by atoms with van der Waals surface area (Å²) in [6, 6.07) is 0. The molecule has 0 bridgehead atoms. The molecule has 110 valence electrons. The van der Waals surface area contributed by atoms with E-state index in [1.807, 2.05) is 0 Å². The SMILES string of the molecule is CCCNc1cnc(C(=O)NCC2CCOCC2)cn1. The average Bonchev–Trinajstić information content (AvgIpc) is 2.52. The van der Waals surface area contributed by atoms with E-state index in [9.17, 15) is 4.79 Å². The Hall–Kier alpha value is -1.69. The molecule has 1 aromatic heterocycles. The maximum Gasteiger partial charge on any atom is 0.271 e. The molecule has 0 spiro atoms. The zero-order valence-electron chi connectivity index (χ0n) is 11.9. The van der Waals surface area contributed by atoms with Crippen molar-refractivity contribution < 1.29 is 9.53 Å². The summed E-state index contributed by atoms with van der Waals surface area (Å²) in [4.78, 5) is 20.3. The van der Waals surface area contributed by atoms with Crippen LogP contribution in [-0.4, -0.2) is 42.2 Å². The first-order valence-corrected chi connectivity index (χ1v) is 7.21. The van der Waals surface area contributed by atoms with E-state index in [0.29, 0.717) is 24.0 Å². The standard InChI is InChI=1S/C14H22N4O2/c1-2-5-15-13-10-16-12(9-17-13)14(19)18-8-11-3-6-20-7-4-11/h9-11H,2-8H2,1H3,(H,15,17)(H,18,19). The maximum absolute atomic E-state index is 11.9. The number of hydrogen-bond donors (Lipinski definition) is 2. The molecule has 0 saturated carbocycles. The van der Waals surface area contributed by atoms with Crippen LogP contribution in [0.4, 0.5) is 5.82 Å². The first-order chi connectivity index (χ1) is 9.79. The van der Waals surface area contributed by atoms with Gasteiger partial charge < -0.3 is 15.4 Å². The number of anilines is 1. The van der Waals surface area contributed by atoms with Crippen LogP contribution in [0.1, 0.15) is 36.7 Å². The molecule has 0 aliphatic carbocycles. The van der Waals surface area contributed by atoms with Crippen molar-refractivity contribution in [3.05, 3.63) is 18.1 Å². The fraction of sp³-hybridized carbons (Fsp3) is 0.643. The van der Waals surface area contributed by atoms with Gasteiger partial charge in [0.05, 0.1) is 12.4 Å². The minimum Gasteiger partial charge on any atom is -0.381 e.